The third-order valence-electron chi connectivity index (χ3n) is 2.77. The minimum absolute atomic E-state index is 0.237. The number of rotatable bonds is 5. The zero-order valence-electron chi connectivity index (χ0n) is 11.8. The van der Waals surface area contributed by atoms with Crippen molar-refractivity contribution >= 4 is 5.97 Å². The number of aryl methyl sites for hydroxylation is 1. The Kier molecular flexibility index (Phi) is 4.81. The second kappa shape index (κ2) is 6.78. The van der Waals surface area contributed by atoms with Crippen LogP contribution in [-0.4, -0.2) is 29.7 Å². The topological polar surface area (TPSA) is 61.3 Å². The zero-order chi connectivity index (χ0) is 15.2. The average molecular weight is 290 g/mol. The van der Waals surface area contributed by atoms with Gasteiger partial charge in [0.05, 0.1) is 7.11 Å². The van der Waals surface area contributed by atoms with Gasteiger partial charge in [-0.2, -0.15) is 4.98 Å². The molecule has 1 aromatic carbocycles. The van der Waals surface area contributed by atoms with Gasteiger partial charge in [0, 0.05) is 17.3 Å². The second-order valence-electron chi connectivity index (χ2n) is 4.25. The standard InChI is InChI=1S/C15H15FN2O3/c1-3-12-8-13(21-9-14(19)20-2)18-15(17-12)10-5-4-6-11(16)7-10/h4-8H,3,9H2,1-2H3. The van der Waals surface area contributed by atoms with Gasteiger partial charge >= 0.3 is 5.97 Å². The van der Waals surface area contributed by atoms with E-state index in [-0.39, 0.29) is 18.3 Å². The Morgan fingerprint density at radius 1 is 1.29 bits per heavy atom. The zero-order valence-corrected chi connectivity index (χ0v) is 11.8. The summed E-state index contributed by atoms with van der Waals surface area (Å²) in [6, 6.07) is 7.63. The number of hydrogen-bond acceptors (Lipinski definition) is 5. The molecule has 0 aliphatic rings. The smallest absolute Gasteiger partial charge is 0.343 e. The van der Waals surface area contributed by atoms with Crippen molar-refractivity contribution in [2.45, 2.75) is 13.3 Å². The number of aromatic nitrogens is 2. The van der Waals surface area contributed by atoms with E-state index in [0.29, 0.717) is 17.8 Å². The summed E-state index contributed by atoms with van der Waals surface area (Å²) in [4.78, 5) is 19.6. The Hall–Kier alpha value is -2.50. The fraction of sp³-hybridized carbons (Fsp3) is 0.267. The predicted molar refractivity (Wildman–Crippen MR) is 74.3 cm³/mol. The van der Waals surface area contributed by atoms with Crippen molar-refractivity contribution in [3.05, 3.63) is 41.8 Å². The molecule has 0 saturated heterocycles. The van der Waals surface area contributed by atoms with Crippen LogP contribution in [-0.2, 0) is 16.0 Å². The molecule has 0 spiro atoms. The van der Waals surface area contributed by atoms with Crippen LogP contribution in [0.15, 0.2) is 30.3 Å². The average Bonchev–Trinajstić information content (AvgIpc) is 2.52. The van der Waals surface area contributed by atoms with E-state index in [1.807, 2.05) is 6.92 Å². The summed E-state index contributed by atoms with van der Waals surface area (Å²) in [5.74, 6) is -0.255. The first-order chi connectivity index (χ1) is 10.1. The van der Waals surface area contributed by atoms with Crippen LogP contribution >= 0.6 is 0 Å². The van der Waals surface area contributed by atoms with Crippen LogP contribution in [0.4, 0.5) is 4.39 Å². The Balaban J connectivity index is 2.31. The van der Waals surface area contributed by atoms with Gasteiger partial charge in [0.25, 0.3) is 0 Å². The quantitative estimate of drug-likeness (QED) is 0.791. The number of esters is 1. The molecule has 110 valence electrons. The first-order valence-corrected chi connectivity index (χ1v) is 6.46. The Bertz CT molecular complexity index is 647. The summed E-state index contributed by atoms with van der Waals surface area (Å²) in [6.07, 6.45) is 0.666. The lowest BCUT2D eigenvalue weighted by Gasteiger charge is -2.08. The molecule has 0 amide bonds. The van der Waals surface area contributed by atoms with Gasteiger partial charge in [-0.05, 0) is 18.6 Å². The van der Waals surface area contributed by atoms with Gasteiger partial charge in [-0.3, -0.25) is 0 Å². The number of carbonyl (C=O) groups excluding carboxylic acids is 1. The maximum absolute atomic E-state index is 13.3. The molecule has 1 heterocycles. The monoisotopic (exact) mass is 290 g/mol. The number of hydrogen-bond donors (Lipinski definition) is 0. The number of halogens is 1. The Labute approximate surface area is 121 Å². The van der Waals surface area contributed by atoms with E-state index in [4.69, 9.17) is 4.74 Å². The van der Waals surface area contributed by atoms with E-state index in [9.17, 15) is 9.18 Å². The normalized spacial score (nSPS) is 10.2. The minimum Gasteiger partial charge on any atom is -0.466 e. The lowest BCUT2D eigenvalue weighted by molar-refractivity contribution is -0.143. The lowest BCUT2D eigenvalue weighted by Crippen LogP contribution is -2.13. The van der Waals surface area contributed by atoms with Crippen molar-refractivity contribution in [3.8, 4) is 17.3 Å². The summed E-state index contributed by atoms with van der Waals surface area (Å²) in [5, 5.41) is 0. The van der Waals surface area contributed by atoms with Gasteiger partial charge in [-0.25, -0.2) is 14.2 Å². The van der Waals surface area contributed by atoms with Crippen molar-refractivity contribution in [1.82, 2.24) is 9.97 Å². The molecular formula is C15H15FN2O3. The molecule has 0 bridgehead atoms. The largest absolute Gasteiger partial charge is 0.466 e. The highest BCUT2D eigenvalue weighted by atomic mass is 19.1. The molecule has 6 heteroatoms. The highest BCUT2D eigenvalue weighted by Crippen LogP contribution is 2.20. The lowest BCUT2D eigenvalue weighted by atomic mass is 10.2. The van der Waals surface area contributed by atoms with E-state index < -0.39 is 5.97 Å². The first-order valence-electron chi connectivity index (χ1n) is 6.46. The SMILES string of the molecule is CCc1cc(OCC(=O)OC)nc(-c2cccc(F)c2)n1. The molecular weight excluding hydrogens is 275 g/mol. The third kappa shape index (κ3) is 3.98. The number of ether oxygens (including phenoxy) is 2. The van der Waals surface area contributed by atoms with E-state index in [1.165, 1.54) is 19.2 Å². The summed E-state index contributed by atoms with van der Waals surface area (Å²) >= 11 is 0. The molecule has 0 fully saturated rings. The molecule has 2 rings (SSSR count). The highest BCUT2D eigenvalue weighted by Gasteiger charge is 2.09. The van der Waals surface area contributed by atoms with Crippen LogP contribution < -0.4 is 4.74 Å². The van der Waals surface area contributed by atoms with Crippen LogP contribution in [0.2, 0.25) is 0 Å². The van der Waals surface area contributed by atoms with Crippen LogP contribution in [0.25, 0.3) is 11.4 Å². The second-order valence-corrected chi connectivity index (χ2v) is 4.25. The van der Waals surface area contributed by atoms with E-state index in [0.717, 1.165) is 5.69 Å². The van der Waals surface area contributed by atoms with E-state index >= 15 is 0 Å². The van der Waals surface area contributed by atoms with Gasteiger partial charge in [0.2, 0.25) is 5.88 Å². The molecule has 2 aromatic rings. The summed E-state index contributed by atoms with van der Waals surface area (Å²) in [6.45, 7) is 1.70. The molecule has 5 nitrogen and oxygen atoms in total. The van der Waals surface area contributed by atoms with Gasteiger partial charge in [0.1, 0.15) is 5.82 Å². The predicted octanol–water partition coefficient (Wildman–Crippen LogP) is 2.40. The molecule has 0 atom stereocenters. The fourth-order valence-electron chi connectivity index (χ4n) is 1.68. The van der Waals surface area contributed by atoms with Gasteiger partial charge in [-0.1, -0.05) is 19.1 Å². The maximum atomic E-state index is 13.3. The number of benzene rings is 1. The number of nitrogens with zero attached hydrogens (tertiary/aromatic N) is 2. The molecule has 0 aliphatic carbocycles. The molecule has 0 unspecified atom stereocenters. The Morgan fingerprint density at radius 3 is 2.76 bits per heavy atom. The van der Waals surface area contributed by atoms with Crippen LogP contribution in [0.3, 0.4) is 0 Å². The number of methoxy groups -OCH3 is 1. The number of carbonyl (C=O) groups is 1. The Morgan fingerprint density at radius 2 is 2.10 bits per heavy atom. The van der Waals surface area contributed by atoms with Crippen LogP contribution in [0.1, 0.15) is 12.6 Å². The van der Waals surface area contributed by atoms with Crippen molar-refractivity contribution in [2.24, 2.45) is 0 Å². The van der Waals surface area contributed by atoms with Crippen molar-refractivity contribution in [3.63, 3.8) is 0 Å². The van der Waals surface area contributed by atoms with Crippen molar-refractivity contribution in [1.29, 1.82) is 0 Å². The van der Waals surface area contributed by atoms with Gasteiger partial charge < -0.3 is 9.47 Å². The fourth-order valence-corrected chi connectivity index (χ4v) is 1.68. The first kappa shape index (κ1) is 14.9. The summed E-state index contributed by atoms with van der Waals surface area (Å²) in [5.41, 5.74) is 1.29. The molecule has 0 N–H and O–H groups in total. The molecule has 0 aliphatic heterocycles. The van der Waals surface area contributed by atoms with Crippen LogP contribution in [0.5, 0.6) is 5.88 Å². The van der Waals surface area contributed by atoms with Gasteiger partial charge in [-0.15, -0.1) is 0 Å². The van der Waals surface area contributed by atoms with Crippen molar-refractivity contribution < 1.29 is 18.7 Å². The molecule has 21 heavy (non-hydrogen) atoms. The summed E-state index contributed by atoms with van der Waals surface area (Å²) < 4.78 is 23.1. The highest BCUT2D eigenvalue weighted by molar-refractivity contribution is 5.70. The molecule has 1 aromatic heterocycles. The van der Waals surface area contributed by atoms with Gasteiger partial charge in [0.15, 0.2) is 12.4 Å². The molecule has 0 saturated carbocycles. The van der Waals surface area contributed by atoms with E-state index in [1.54, 1.807) is 18.2 Å². The molecule has 0 radical (unpaired) electrons. The minimum atomic E-state index is -0.501. The van der Waals surface area contributed by atoms with Crippen LogP contribution in [0, 0.1) is 5.82 Å². The van der Waals surface area contributed by atoms with Crippen molar-refractivity contribution in [2.75, 3.05) is 13.7 Å². The summed E-state index contributed by atoms with van der Waals surface area (Å²) in [7, 11) is 1.28. The van der Waals surface area contributed by atoms with E-state index in [2.05, 4.69) is 14.7 Å². The third-order valence-corrected chi connectivity index (χ3v) is 2.77. The maximum Gasteiger partial charge on any atom is 0.343 e.